The van der Waals surface area contributed by atoms with Gasteiger partial charge in [0.2, 0.25) is 0 Å². The predicted octanol–water partition coefficient (Wildman–Crippen LogP) is 3.75. The minimum absolute atomic E-state index is 0.215. The van der Waals surface area contributed by atoms with E-state index in [0.717, 1.165) is 4.47 Å². The van der Waals surface area contributed by atoms with Crippen LogP contribution in [0.2, 0.25) is 5.02 Å². The van der Waals surface area contributed by atoms with E-state index in [-0.39, 0.29) is 11.0 Å². The van der Waals surface area contributed by atoms with Crippen molar-refractivity contribution in [1.82, 2.24) is 10.9 Å². The summed E-state index contributed by atoms with van der Waals surface area (Å²) in [6.07, 6.45) is 0. The molecule has 0 saturated carbocycles. The molecule has 0 heterocycles. The molecule has 0 bridgehead atoms. The van der Waals surface area contributed by atoms with Gasteiger partial charge in [-0.25, -0.2) is 0 Å². The van der Waals surface area contributed by atoms with Crippen molar-refractivity contribution in [2.24, 2.45) is 0 Å². The van der Waals surface area contributed by atoms with Crippen molar-refractivity contribution in [3.05, 3.63) is 51.5 Å². The van der Waals surface area contributed by atoms with Crippen LogP contribution in [0.1, 0.15) is 10.4 Å². The fourth-order valence-electron chi connectivity index (χ4n) is 1.90. The number of carbonyl (C=O) groups excluding carboxylic acids is 1. The summed E-state index contributed by atoms with van der Waals surface area (Å²) in [6.45, 7) is 0. The van der Waals surface area contributed by atoms with E-state index in [1.165, 1.54) is 14.2 Å². The first kappa shape index (κ1) is 19.3. The highest BCUT2D eigenvalue weighted by atomic mass is 79.9. The molecular formula is C16H15BrClN3O3S. The van der Waals surface area contributed by atoms with Crippen molar-refractivity contribution in [2.75, 3.05) is 19.5 Å². The molecule has 9 heteroatoms. The molecule has 0 aliphatic rings. The van der Waals surface area contributed by atoms with E-state index in [2.05, 4.69) is 32.1 Å². The van der Waals surface area contributed by atoms with Crippen LogP contribution >= 0.6 is 39.7 Å². The molecular weight excluding hydrogens is 430 g/mol. The van der Waals surface area contributed by atoms with E-state index in [1.54, 1.807) is 36.4 Å². The van der Waals surface area contributed by atoms with Crippen molar-refractivity contribution < 1.29 is 14.3 Å². The Morgan fingerprint density at radius 1 is 1.08 bits per heavy atom. The molecule has 1 amide bonds. The Balaban J connectivity index is 1.94. The predicted molar refractivity (Wildman–Crippen MR) is 106 cm³/mol. The molecule has 3 N–H and O–H groups in total. The second kappa shape index (κ2) is 8.89. The van der Waals surface area contributed by atoms with Gasteiger partial charge in [0.15, 0.2) is 16.6 Å². The van der Waals surface area contributed by atoms with Crippen LogP contribution in [-0.2, 0) is 0 Å². The maximum atomic E-state index is 12.2. The molecule has 0 fully saturated rings. The molecule has 0 aromatic heterocycles. The fraction of sp³-hybridized carbons (Fsp3) is 0.125. The Hall–Kier alpha value is -2.03. The van der Waals surface area contributed by atoms with E-state index in [9.17, 15) is 4.79 Å². The van der Waals surface area contributed by atoms with Gasteiger partial charge < -0.3 is 14.8 Å². The number of anilines is 1. The molecule has 6 nitrogen and oxygen atoms in total. The highest BCUT2D eigenvalue weighted by Crippen LogP contribution is 2.27. The third-order valence-corrected chi connectivity index (χ3v) is 4.55. The van der Waals surface area contributed by atoms with Crippen LogP contribution in [0, 0.1) is 0 Å². The standard InChI is InChI=1S/C16H15BrClN3O3S/c1-23-13-6-3-9(7-14(13)24-2)15(22)20-21-16(25)19-10-4-5-11(17)12(18)8-10/h3-8H,1-2H3,(H,20,22)(H2,19,21,25). The lowest BCUT2D eigenvalue weighted by molar-refractivity contribution is 0.0944. The van der Waals surface area contributed by atoms with Gasteiger partial charge in [0.05, 0.1) is 19.2 Å². The molecule has 2 aromatic carbocycles. The molecule has 2 rings (SSSR count). The van der Waals surface area contributed by atoms with Crippen molar-refractivity contribution in [3.8, 4) is 11.5 Å². The summed E-state index contributed by atoms with van der Waals surface area (Å²) in [5.74, 6) is 0.621. The zero-order valence-electron chi connectivity index (χ0n) is 13.4. The monoisotopic (exact) mass is 443 g/mol. The smallest absolute Gasteiger partial charge is 0.269 e. The van der Waals surface area contributed by atoms with Gasteiger partial charge in [0, 0.05) is 15.7 Å². The average molecular weight is 445 g/mol. The lowest BCUT2D eigenvalue weighted by atomic mass is 10.2. The third-order valence-electron chi connectivity index (χ3n) is 3.11. The fourth-order valence-corrected chi connectivity index (χ4v) is 2.50. The summed E-state index contributed by atoms with van der Waals surface area (Å²) in [7, 11) is 3.03. The minimum Gasteiger partial charge on any atom is -0.493 e. The summed E-state index contributed by atoms with van der Waals surface area (Å²) in [5.41, 5.74) is 6.20. The van der Waals surface area contributed by atoms with Crippen LogP contribution in [0.3, 0.4) is 0 Å². The average Bonchev–Trinajstić information content (AvgIpc) is 2.62. The molecule has 0 saturated heterocycles. The van der Waals surface area contributed by atoms with Gasteiger partial charge in [-0.3, -0.25) is 15.6 Å². The molecule has 2 aromatic rings. The van der Waals surface area contributed by atoms with Gasteiger partial charge in [-0.05, 0) is 64.5 Å². The Morgan fingerprint density at radius 3 is 2.44 bits per heavy atom. The summed E-state index contributed by atoms with van der Waals surface area (Å²) < 4.78 is 11.1. The summed E-state index contributed by atoms with van der Waals surface area (Å²) in [5, 5.41) is 3.67. The Morgan fingerprint density at radius 2 is 1.80 bits per heavy atom. The summed E-state index contributed by atoms with van der Waals surface area (Å²) in [6, 6.07) is 10.1. The number of ether oxygens (including phenoxy) is 2. The summed E-state index contributed by atoms with van der Waals surface area (Å²) in [4.78, 5) is 12.2. The van der Waals surface area contributed by atoms with Crippen LogP contribution in [0.4, 0.5) is 5.69 Å². The number of carbonyl (C=O) groups is 1. The number of thiocarbonyl (C=S) groups is 1. The van der Waals surface area contributed by atoms with Gasteiger partial charge in [0.1, 0.15) is 0 Å². The van der Waals surface area contributed by atoms with E-state index in [0.29, 0.717) is 27.8 Å². The molecule has 25 heavy (non-hydrogen) atoms. The zero-order valence-corrected chi connectivity index (χ0v) is 16.5. The number of halogens is 2. The molecule has 0 atom stereocenters. The number of methoxy groups -OCH3 is 2. The molecule has 0 unspecified atom stereocenters. The Kier molecular flexibility index (Phi) is 6.86. The second-order valence-corrected chi connectivity index (χ2v) is 6.40. The largest absolute Gasteiger partial charge is 0.493 e. The van der Waals surface area contributed by atoms with Crippen molar-refractivity contribution in [2.45, 2.75) is 0 Å². The van der Waals surface area contributed by atoms with E-state index in [4.69, 9.17) is 33.3 Å². The highest BCUT2D eigenvalue weighted by Gasteiger charge is 2.11. The molecule has 132 valence electrons. The molecule has 0 spiro atoms. The van der Waals surface area contributed by atoms with Crippen molar-refractivity contribution >= 4 is 56.5 Å². The van der Waals surface area contributed by atoms with Crippen LogP contribution < -0.4 is 25.6 Å². The van der Waals surface area contributed by atoms with Gasteiger partial charge in [-0.1, -0.05) is 11.6 Å². The molecule has 0 radical (unpaired) electrons. The maximum absolute atomic E-state index is 12.2. The van der Waals surface area contributed by atoms with Gasteiger partial charge in [0.25, 0.3) is 5.91 Å². The first-order valence-corrected chi connectivity index (χ1v) is 8.57. The van der Waals surface area contributed by atoms with Gasteiger partial charge in [-0.2, -0.15) is 0 Å². The number of hydrogen-bond donors (Lipinski definition) is 3. The van der Waals surface area contributed by atoms with Crippen molar-refractivity contribution in [1.29, 1.82) is 0 Å². The lowest BCUT2D eigenvalue weighted by Crippen LogP contribution is -2.43. The normalized spacial score (nSPS) is 9.92. The minimum atomic E-state index is -0.376. The second-order valence-electron chi connectivity index (χ2n) is 4.73. The number of benzene rings is 2. The molecule has 0 aliphatic carbocycles. The topological polar surface area (TPSA) is 71.6 Å². The van der Waals surface area contributed by atoms with Gasteiger partial charge in [-0.15, -0.1) is 0 Å². The van der Waals surface area contributed by atoms with E-state index in [1.807, 2.05) is 0 Å². The number of nitrogens with one attached hydrogen (secondary N) is 3. The number of rotatable bonds is 4. The van der Waals surface area contributed by atoms with Gasteiger partial charge >= 0.3 is 0 Å². The van der Waals surface area contributed by atoms with Crippen LogP contribution in [0.5, 0.6) is 11.5 Å². The SMILES string of the molecule is COc1ccc(C(=O)NNC(=S)Nc2ccc(Br)c(Cl)c2)cc1OC. The zero-order chi connectivity index (χ0) is 18.4. The third kappa shape index (κ3) is 5.22. The first-order valence-electron chi connectivity index (χ1n) is 6.99. The Bertz CT molecular complexity index is 804. The van der Waals surface area contributed by atoms with Crippen LogP contribution in [-0.4, -0.2) is 25.2 Å². The Labute approximate surface area is 163 Å². The molecule has 0 aliphatic heterocycles. The van der Waals surface area contributed by atoms with Crippen LogP contribution in [0.25, 0.3) is 0 Å². The highest BCUT2D eigenvalue weighted by molar-refractivity contribution is 9.10. The van der Waals surface area contributed by atoms with E-state index >= 15 is 0 Å². The van der Waals surface area contributed by atoms with E-state index < -0.39 is 0 Å². The number of amides is 1. The lowest BCUT2D eigenvalue weighted by Gasteiger charge is -2.13. The summed E-state index contributed by atoms with van der Waals surface area (Å²) >= 11 is 14.5. The number of hydrogen-bond acceptors (Lipinski definition) is 4. The number of hydrazine groups is 1. The van der Waals surface area contributed by atoms with Crippen molar-refractivity contribution in [3.63, 3.8) is 0 Å². The maximum Gasteiger partial charge on any atom is 0.269 e. The van der Waals surface area contributed by atoms with Crippen LogP contribution in [0.15, 0.2) is 40.9 Å². The first-order chi connectivity index (χ1) is 11.9. The quantitative estimate of drug-likeness (QED) is 0.493.